The van der Waals surface area contributed by atoms with E-state index in [1.807, 2.05) is 24.3 Å². The monoisotopic (exact) mass is 428 g/mol. The van der Waals surface area contributed by atoms with Gasteiger partial charge < -0.3 is 4.74 Å². The number of rotatable bonds is 4. The molecule has 158 valence electrons. The maximum Gasteiger partial charge on any atom is 0.329 e. The first-order valence-corrected chi connectivity index (χ1v) is 11.4. The number of fused-ring (bicyclic) bond motifs is 1. The van der Waals surface area contributed by atoms with Gasteiger partial charge in [0.05, 0.1) is 17.9 Å². The van der Waals surface area contributed by atoms with Crippen molar-refractivity contribution >= 4 is 27.6 Å². The molecule has 8 heteroatoms. The third-order valence-electron chi connectivity index (χ3n) is 5.80. The third kappa shape index (κ3) is 3.61. The van der Waals surface area contributed by atoms with Crippen LogP contribution in [0.25, 0.3) is 0 Å². The lowest BCUT2D eigenvalue weighted by molar-refractivity contribution is -0.143. The van der Waals surface area contributed by atoms with Crippen LogP contribution in [0.2, 0.25) is 0 Å². The molecule has 2 unspecified atom stereocenters. The Morgan fingerprint density at radius 1 is 1.03 bits per heavy atom. The van der Waals surface area contributed by atoms with E-state index in [-0.39, 0.29) is 17.3 Å². The van der Waals surface area contributed by atoms with Crippen molar-refractivity contribution in [3.8, 4) is 0 Å². The SMILES string of the molecule is COC(=O)C1Cc2ccccc2N1C(=O)C1CCCN(S(=O)(=O)c2ccccc2)C1. The number of ether oxygens (including phenoxy) is 1. The average molecular weight is 429 g/mol. The van der Waals surface area contributed by atoms with Gasteiger partial charge in [-0.3, -0.25) is 9.69 Å². The van der Waals surface area contributed by atoms with Crippen LogP contribution < -0.4 is 4.90 Å². The summed E-state index contributed by atoms with van der Waals surface area (Å²) in [5.41, 5.74) is 1.60. The van der Waals surface area contributed by atoms with Crippen LogP contribution >= 0.6 is 0 Å². The number of carbonyl (C=O) groups excluding carboxylic acids is 2. The van der Waals surface area contributed by atoms with Crippen molar-refractivity contribution < 1.29 is 22.7 Å². The Morgan fingerprint density at radius 2 is 1.73 bits per heavy atom. The summed E-state index contributed by atoms with van der Waals surface area (Å²) >= 11 is 0. The van der Waals surface area contributed by atoms with Gasteiger partial charge in [0.2, 0.25) is 15.9 Å². The molecule has 7 nitrogen and oxygen atoms in total. The lowest BCUT2D eigenvalue weighted by Gasteiger charge is -2.34. The quantitative estimate of drug-likeness (QED) is 0.698. The van der Waals surface area contributed by atoms with Crippen LogP contribution in [0.3, 0.4) is 0 Å². The van der Waals surface area contributed by atoms with E-state index >= 15 is 0 Å². The summed E-state index contributed by atoms with van der Waals surface area (Å²) in [6, 6.07) is 14.9. The van der Waals surface area contributed by atoms with Crippen molar-refractivity contribution in [3.63, 3.8) is 0 Å². The lowest BCUT2D eigenvalue weighted by Crippen LogP contribution is -2.50. The summed E-state index contributed by atoms with van der Waals surface area (Å²) in [7, 11) is -2.37. The zero-order valence-corrected chi connectivity index (χ0v) is 17.5. The Morgan fingerprint density at radius 3 is 2.47 bits per heavy atom. The number of amides is 1. The first kappa shape index (κ1) is 20.6. The Hall–Kier alpha value is -2.71. The number of hydrogen-bond acceptors (Lipinski definition) is 5. The van der Waals surface area contributed by atoms with Crippen molar-refractivity contribution in [2.45, 2.75) is 30.2 Å². The molecule has 2 heterocycles. The Labute approximate surface area is 176 Å². The number of anilines is 1. The largest absolute Gasteiger partial charge is 0.467 e. The Balaban J connectivity index is 1.60. The number of nitrogens with zero attached hydrogens (tertiary/aromatic N) is 2. The van der Waals surface area contributed by atoms with Gasteiger partial charge in [-0.1, -0.05) is 36.4 Å². The van der Waals surface area contributed by atoms with E-state index in [2.05, 4.69) is 0 Å². The summed E-state index contributed by atoms with van der Waals surface area (Å²) in [5.74, 6) is -1.22. The Bertz CT molecular complexity index is 1050. The minimum atomic E-state index is -3.68. The van der Waals surface area contributed by atoms with E-state index in [1.165, 1.54) is 16.3 Å². The molecular formula is C22H24N2O5S. The fourth-order valence-corrected chi connectivity index (χ4v) is 5.83. The van der Waals surface area contributed by atoms with Gasteiger partial charge in [0.15, 0.2) is 0 Å². The van der Waals surface area contributed by atoms with Gasteiger partial charge in [-0.2, -0.15) is 4.31 Å². The molecule has 0 aromatic heterocycles. The highest BCUT2D eigenvalue weighted by atomic mass is 32.2. The molecule has 2 aliphatic rings. The van der Waals surface area contributed by atoms with E-state index in [0.29, 0.717) is 31.5 Å². The van der Waals surface area contributed by atoms with Crippen LogP contribution in [-0.2, 0) is 30.8 Å². The van der Waals surface area contributed by atoms with E-state index in [1.54, 1.807) is 30.3 Å². The number of esters is 1. The maximum absolute atomic E-state index is 13.5. The summed E-state index contributed by atoms with van der Waals surface area (Å²) in [5, 5.41) is 0. The van der Waals surface area contributed by atoms with Gasteiger partial charge in [-0.15, -0.1) is 0 Å². The molecule has 2 atom stereocenters. The van der Waals surface area contributed by atoms with Crippen LogP contribution in [0.4, 0.5) is 5.69 Å². The van der Waals surface area contributed by atoms with Crippen molar-refractivity contribution in [3.05, 3.63) is 60.2 Å². The summed E-state index contributed by atoms with van der Waals surface area (Å²) in [4.78, 5) is 27.6. The van der Waals surface area contributed by atoms with Gasteiger partial charge in [0, 0.05) is 25.2 Å². The molecule has 1 fully saturated rings. The molecule has 30 heavy (non-hydrogen) atoms. The second-order valence-corrected chi connectivity index (χ2v) is 9.53. The Kier molecular flexibility index (Phi) is 5.62. The topological polar surface area (TPSA) is 84.0 Å². The number of hydrogen-bond donors (Lipinski definition) is 0. The summed E-state index contributed by atoms with van der Waals surface area (Å²) < 4.78 is 32.3. The number of methoxy groups -OCH3 is 1. The minimum Gasteiger partial charge on any atom is -0.467 e. The second kappa shape index (κ2) is 8.20. The predicted octanol–water partition coefficient (Wildman–Crippen LogP) is 2.22. The molecule has 1 amide bonds. The van der Waals surface area contributed by atoms with Gasteiger partial charge in [-0.25, -0.2) is 13.2 Å². The van der Waals surface area contributed by atoms with Gasteiger partial charge in [-0.05, 0) is 36.6 Å². The number of carbonyl (C=O) groups is 2. The van der Waals surface area contributed by atoms with Gasteiger partial charge >= 0.3 is 5.97 Å². The number of para-hydroxylation sites is 1. The van der Waals surface area contributed by atoms with Crippen LogP contribution in [-0.4, -0.2) is 50.8 Å². The van der Waals surface area contributed by atoms with Crippen LogP contribution in [0.1, 0.15) is 18.4 Å². The highest BCUT2D eigenvalue weighted by Crippen LogP contribution is 2.35. The molecule has 0 saturated carbocycles. The smallest absolute Gasteiger partial charge is 0.329 e. The molecule has 2 aromatic carbocycles. The molecule has 1 saturated heterocycles. The minimum absolute atomic E-state index is 0.0998. The number of piperidine rings is 1. The van der Waals surface area contributed by atoms with E-state index in [0.717, 1.165) is 5.56 Å². The molecule has 4 rings (SSSR count). The number of benzene rings is 2. The maximum atomic E-state index is 13.5. The standard InChI is InChI=1S/C22H24N2O5S/c1-29-22(26)20-14-16-8-5-6-12-19(16)24(20)21(25)17-9-7-13-23(15-17)30(27,28)18-10-3-2-4-11-18/h2-6,8,10-12,17,20H,7,9,13-15H2,1H3. The highest BCUT2D eigenvalue weighted by molar-refractivity contribution is 7.89. The second-order valence-electron chi connectivity index (χ2n) is 7.60. The summed E-state index contributed by atoms with van der Waals surface area (Å²) in [6.45, 7) is 0.473. The molecular weight excluding hydrogens is 404 g/mol. The first-order chi connectivity index (χ1) is 14.4. The first-order valence-electron chi connectivity index (χ1n) is 9.97. The third-order valence-corrected chi connectivity index (χ3v) is 7.68. The zero-order chi connectivity index (χ0) is 21.3. The lowest BCUT2D eigenvalue weighted by atomic mass is 9.97. The average Bonchev–Trinajstić information content (AvgIpc) is 3.18. The molecule has 0 radical (unpaired) electrons. The van der Waals surface area contributed by atoms with Gasteiger partial charge in [0.1, 0.15) is 6.04 Å². The fourth-order valence-electron chi connectivity index (χ4n) is 4.28. The van der Waals surface area contributed by atoms with Crippen LogP contribution in [0, 0.1) is 5.92 Å². The molecule has 2 aromatic rings. The molecule has 2 aliphatic heterocycles. The van der Waals surface area contributed by atoms with E-state index in [4.69, 9.17) is 4.74 Å². The van der Waals surface area contributed by atoms with E-state index in [9.17, 15) is 18.0 Å². The number of sulfonamides is 1. The predicted molar refractivity (Wildman–Crippen MR) is 111 cm³/mol. The molecule has 0 spiro atoms. The van der Waals surface area contributed by atoms with Crippen molar-refractivity contribution in [2.75, 3.05) is 25.1 Å². The fraction of sp³-hybridized carbons (Fsp3) is 0.364. The molecule has 0 aliphatic carbocycles. The molecule has 0 N–H and O–H groups in total. The van der Waals surface area contributed by atoms with Crippen LogP contribution in [0.5, 0.6) is 0 Å². The van der Waals surface area contributed by atoms with Crippen molar-refractivity contribution in [2.24, 2.45) is 5.92 Å². The molecule has 0 bridgehead atoms. The van der Waals surface area contributed by atoms with Crippen LogP contribution in [0.15, 0.2) is 59.5 Å². The summed E-state index contributed by atoms with van der Waals surface area (Å²) in [6.07, 6.45) is 1.56. The van der Waals surface area contributed by atoms with E-state index < -0.39 is 28.0 Å². The highest BCUT2D eigenvalue weighted by Gasteiger charge is 2.43. The zero-order valence-electron chi connectivity index (χ0n) is 16.7. The van der Waals surface area contributed by atoms with Gasteiger partial charge in [0.25, 0.3) is 0 Å². The van der Waals surface area contributed by atoms with Crippen molar-refractivity contribution in [1.82, 2.24) is 4.31 Å². The normalized spacial score (nSPS) is 21.8. The van der Waals surface area contributed by atoms with Crippen molar-refractivity contribution in [1.29, 1.82) is 0 Å².